The van der Waals surface area contributed by atoms with Gasteiger partial charge in [-0.2, -0.15) is 0 Å². The molecule has 0 spiro atoms. The van der Waals surface area contributed by atoms with E-state index >= 15 is 0 Å². The highest BCUT2D eigenvalue weighted by atomic mass is 16.3. The molecule has 25 heavy (non-hydrogen) atoms. The summed E-state index contributed by atoms with van der Waals surface area (Å²) in [6.45, 7) is 6.43. The Bertz CT molecular complexity index is 687. The van der Waals surface area contributed by atoms with Gasteiger partial charge in [-0.15, -0.1) is 0 Å². The summed E-state index contributed by atoms with van der Waals surface area (Å²) in [5, 5.41) is 19.4. The van der Waals surface area contributed by atoms with Gasteiger partial charge in [-0.25, -0.2) is 0 Å². The van der Waals surface area contributed by atoms with Crippen molar-refractivity contribution in [3.05, 3.63) is 35.5 Å². The Labute approximate surface area is 150 Å². The number of aliphatic hydroxyl groups is 2. The van der Waals surface area contributed by atoms with Crippen LogP contribution in [0.15, 0.2) is 35.5 Å². The predicted molar refractivity (Wildman–Crippen MR) is 97.7 cm³/mol. The van der Waals surface area contributed by atoms with Crippen molar-refractivity contribution in [2.45, 2.75) is 52.6 Å². The molecule has 3 unspecified atom stereocenters. The topological polar surface area (TPSA) is 57.5 Å². The maximum atomic E-state index is 12.5. The Kier molecular flexibility index (Phi) is 3.90. The van der Waals surface area contributed by atoms with Gasteiger partial charge in [0.1, 0.15) is 6.61 Å². The molecule has 0 aliphatic heterocycles. The van der Waals surface area contributed by atoms with Gasteiger partial charge in [0.25, 0.3) is 0 Å². The molecule has 2 N–H and O–H groups in total. The van der Waals surface area contributed by atoms with E-state index < -0.39 is 6.10 Å². The first-order chi connectivity index (χ1) is 11.8. The fourth-order valence-corrected chi connectivity index (χ4v) is 6.79. The van der Waals surface area contributed by atoms with E-state index in [9.17, 15) is 15.0 Å². The van der Waals surface area contributed by atoms with Gasteiger partial charge in [-0.05, 0) is 55.8 Å². The summed E-state index contributed by atoms with van der Waals surface area (Å²) in [6, 6.07) is 0. The third-order valence-electron chi connectivity index (χ3n) is 7.89. The lowest BCUT2D eigenvalue weighted by Crippen LogP contribution is -2.45. The average Bonchev–Trinajstić information content (AvgIpc) is 2.85. The minimum absolute atomic E-state index is 0.0197. The van der Waals surface area contributed by atoms with E-state index in [0.717, 1.165) is 25.7 Å². The number of hydrogen-bond acceptors (Lipinski definition) is 3. The average molecular weight is 342 g/mol. The number of fused-ring (bicyclic) bond motifs is 5. The van der Waals surface area contributed by atoms with Crippen LogP contribution in [-0.2, 0) is 4.79 Å². The molecule has 0 saturated heterocycles. The molecule has 0 bridgehead atoms. The number of aliphatic hydroxyl groups excluding tert-OH is 2. The molecule has 0 heterocycles. The molecule has 3 heteroatoms. The highest BCUT2D eigenvalue weighted by molar-refractivity contribution is 5.83. The van der Waals surface area contributed by atoms with Crippen LogP contribution < -0.4 is 0 Å². The first-order valence-electron chi connectivity index (χ1n) is 9.74. The Morgan fingerprint density at radius 1 is 1.36 bits per heavy atom. The molecule has 3 nitrogen and oxygen atoms in total. The van der Waals surface area contributed by atoms with Gasteiger partial charge in [0.15, 0.2) is 5.78 Å². The van der Waals surface area contributed by atoms with Gasteiger partial charge < -0.3 is 10.2 Å². The predicted octanol–water partition coefficient (Wildman–Crippen LogP) is 3.43. The number of rotatable bonds is 2. The highest BCUT2D eigenvalue weighted by Gasteiger charge is 2.59. The van der Waals surface area contributed by atoms with Crippen LogP contribution in [0.2, 0.25) is 0 Å². The van der Waals surface area contributed by atoms with Crippen LogP contribution >= 0.6 is 0 Å². The van der Waals surface area contributed by atoms with Crippen LogP contribution in [0.1, 0.15) is 46.5 Å². The Balaban J connectivity index is 1.74. The molecule has 0 aromatic carbocycles. The zero-order valence-electron chi connectivity index (χ0n) is 15.5. The monoisotopic (exact) mass is 342 g/mol. The first-order valence-corrected chi connectivity index (χ1v) is 9.74. The van der Waals surface area contributed by atoms with E-state index in [0.29, 0.717) is 17.8 Å². The Morgan fingerprint density at radius 2 is 2.12 bits per heavy atom. The summed E-state index contributed by atoms with van der Waals surface area (Å²) in [4.78, 5) is 12.5. The lowest BCUT2D eigenvalue weighted by Gasteiger charge is -2.52. The molecule has 0 amide bonds. The van der Waals surface area contributed by atoms with Crippen LogP contribution in [0.4, 0.5) is 0 Å². The second-order valence-corrected chi connectivity index (χ2v) is 9.18. The molecule has 7 atom stereocenters. The molecule has 0 aromatic rings. The molecule has 136 valence electrons. The fraction of sp³-hybridized carbons (Fsp3) is 0.682. The summed E-state index contributed by atoms with van der Waals surface area (Å²) < 4.78 is 0. The first kappa shape index (κ1) is 17.2. The smallest absolute Gasteiger partial charge is 0.162 e. The molecule has 2 saturated carbocycles. The Hall–Kier alpha value is -1.19. The molecule has 0 aromatic heterocycles. The van der Waals surface area contributed by atoms with Crippen molar-refractivity contribution in [3.63, 3.8) is 0 Å². The SMILES string of the molecule is C[C@@H]1CC2C3CCC4=CC(O)C=C[C@]4(C)C3=CC[C@]2(C)[C@H]1C(=O)CO. The third-order valence-corrected chi connectivity index (χ3v) is 7.89. The lowest BCUT2D eigenvalue weighted by atomic mass is 9.52. The van der Waals surface area contributed by atoms with Crippen molar-refractivity contribution in [1.82, 2.24) is 0 Å². The maximum absolute atomic E-state index is 12.5. The number of carbonyl (C=O) groups excluding carboxylic acids is 1. The van der Waals surface area contributed by atoms with Crippen molar-refractivity contribution in [1.29, 1.82) is 0 Å². The summed E-state index contributed by atoms with van der Waals surface area (Å²) in [6.07, 6.45) is 12.2. The van der Waals surface area contributed by atoms with Gasteiger partial charge >= 0.3 is 0 Å². The molecule has 2 fully saturated rings. The third kappa shape index (κ3) is 2.28. The minimum atomic E-state index is -0.452. The summed E-state index contributed by atoms with van der Waals surface area (Å²) in [5.41, 5.74) is 2.76. The van der Waals surface area contributed by atoms with E-state index in [1.54, 1.807) is 0 Å². The van der Waals surface area contributed by atoms with Crippen molar-refractivity contribution in [2.75, 3.05) is 6.61 Å². The Morgan fingerprint density at radius 3 is 2.84 bits per heavy atom. The maximum Gasteiger partial charge on any atom is 0.162 e. The van der Waals surface area contributed by atoms with Crippen LogP contribution in [0, 0.1) is 34.5 Å². The van der Waals surface area contributed by atoms with Gasteiger partial charge in [0, 0.05) is 11.3 Å². The molecule has 4 rings (SSSR count). The second kappa shape index (κ2) is 5.65. The molecular formula is C22H30O3. The lowest BCUT2D eigenvalue weighted by molar-refractivity contribution is -0.131. The largest absolute Gasteiger partial charge is 0.389 e. The van der Waals surface area contributed by atoms with E-state index in [-0.39, 0.29) is 29.1 Å². The van der Waals surface area contributed by atoms with E-state index in [1.807, 2.05) is 12.2 Å². The van der Waals surface area contributed by atoms with Crippen LogP contribution in [0.25, 0.3) is 0 Å². The summed E-state index contributed by atoms with van der Waals surface area (Å²) >= 11 is 0. The number of ketones is 1. The number of allylic oxidation sites excluding steroid dienone is 4. The zero-order valence-corrected chi connectivity index (χ0v) is 15.5. The minimum Gasteiger partial charge on any atom is -0.389 e. The van der Waals surface area contributed by atoms with Crippen molar-refractivity contribution < 1.29 is 15.0 Å². The van der Waals surface area contributed by atoms with Crippen LogP contribution in [-0.4, -0.2) is 28.7 Å². The quantitative estimate of drug-likeness (QED) is 0.756. The van der Waals surface area contributed by atoms with Crippen LogP contribution in [0.5, 0.6) is 0 Å². The second-order valence-electron chi connectivity index (χ2n) is 9.18. The van der Waals surface area contributed by atoms with Gasteiger partial charge in [-0.1, -0.05) is 49.3 Å². The van der Waals surface area contributed by atoms with Gasteiger partial charge in [0.05, 0.1) is 6.10 Å². The molecule has 0 radical (unpaired) electrons. The van der Waals surface area contributed by atoms with Crippen molar-refractivity contribution in [2.24, 2.45) is 34.5 Å². The summed E-state index contributed by atoms with van der Waals surface area (Å²) in [5.74, 6) is 1.38. The number of hydrogen-bond donors (Lipinski definition) is 2. The van der Waals surface area contributed by atoms with Crippen LogP contribution in [0.3, 0.4) is 0 Å². The van der Waals surface area contributed by atoms with E-state index in [4.69, 9.17) is 0 Å². The van der Waals surface area contributed by atoms with Gasteiger partial charge in [0.2, 0.25) is 0 Å². The zero-order chi connectivity index (χ0) is 18.0. The fourth-order valence-electron chi connectivity index (χ4n) is 6.79. The molecule has 4 aliphatic carbocycles. The van der Waals surface area contributed by atoms with E-state index in [2.05, 4.69) is 32.9 Å². The highest BCUT2D eigenvalue weighted by Crippen LogP contribution is 2.65. The molecule has 4 aliphatic rings. The van der Waals surface area contributed by atoms with Crippen molar-refractivity contribution >= 4 is 5.78 Å². The number of carbonyl (C=O) groups is 1. The van der Waals surface area contributed by atoms with Crippen molar-refractivity contribution in [3.8, 4) is 0 Å². The van der Waals surface area contributed by atoms with Gasteiger partial charge in [-0.3, -0.25) is 4.79 Å². The normalized spacial score (nSPS) is 48.1. The summed E-state index contributed by atoms with van der Waals surface area (Å²) in [7, 11) is 0. The molecular weight excluding hydrogens is 312 g/mol. The standard InChI is InChI=1S/C22H30O3/c1-13-10-18-16-5-4-14-11-15(24)6-8-21(14,2)17(16)7-9-22(18,3)20(13)19(25)12-23/h6-8,11,13,15-16,18,20,23-24H,4-5,9-10,12H2,1-3H3/t13-,15?,16?,18?,20-,21+,22+/m1/s1. The number of Topliss-reactive ketones (excluding diaryl/α,β-unsaturated/α-hetero) is 1. The van der Waals surface area contributed by atoms with E-state index in [1.165, 1.54) is 11.1 Å².